The Bertz CT molecular complexity index is 548. The van der Waals surface area contributed by atoms with Crippen molar-refractivity contribution in [3.63, 3.8) is 0 Å². The Morgan fingerprint density at radius 1 is 1.44 bits per heavy atom. The van der Waals surface area contributed by atoms with Crippen molar-refractivity contribution in [2.45, 2.75) is 29.4 Å². The quantitative estimate of drug-likeness (QED) is 0.686. The van der Waals surface area contributed by atoms with Crippen LogP contribution in [0.2, 0.25) is 5.02 Å². The van der Waals surface area contributed by atoms with E-state index in [1.165, 1.54) is 11.8 Å². The molecule has 1 aliphatic rings. The Balaban J connectivity index is 1.69. The number of hydrogen-bond acceptors (Lipinski definition) is 5. The number of anilines is 1. The molecule has 1 heterocycles. The monoisotopic (exact) mass is 281 g/mol. The molecule has 1 aromatic heterocycles. The number of rotatable bonds is 4. The highest BCUT2D eigenvalue weighted by Gasteiger charge is 2.29. The highest BCUT2D eigenvalue weighted by Crippen LogP contribution is 2.39. The number of hydrogen-bond donors (Lipinski definition) is 1. The van der Waals surface area contributed by atoms with Gasteiger partial charge in [0.1, 0.15) is 0 Å². The van der Waals surface area contributed by atoms with Crippen LogP contribution in [0, 0.1) is 0 Å². The van der Waals surface area contributed by atoms with E-state index >= 15 is 0 Å². The lowest BCUT2D eigenvalue weighted by Crippen LogP contribution is -1.91. The van der Waals surface area contributed by atoms with E-state index in [0.717, 1.165) is 23.6 Å². The third kappa shape index (κ3) is 2.47. The molecule has 0 atom stereocenters. The Labute approximate surface area is 114 Å². The summed E-state index contributed by atoms with van der Waals surface area (Å²) in [5, 5.41) is 4.62. The van der Waals surface area contributed by atoms with Gasteiger partial charge in [-0.15, -0.1) is 11.8 Å². The first kappa shape index (κ1) is 11.9. The molecule has 0 radical (unpaired) electrons. The second kappa shape index (κ2) is 4.82. The molecule has 0 bridgehead atoms. The lowest BCUT2D eigenvalue weighted by Gasteiger charge is -2.05. The van der Waals surface area contributed by atoms with E-state index in [0.29, 0.717) is 28.2 Å². The normalized spacial score (nSPS) is 14.9. The van der Waals surface area contributed by atoms with Gasteiger partial charge in [-0.1, -0.05) is 22.8 Å². The van der Waals surface area contributed by atoms with Crippen molar-refractivity contribution < 1.29 is 4.52 Å². The van der Waals surface area contributed by atoms with Gasteiger partial charge in [-0.2, -0.15) is 4.98 Å². The summed E-state index contributed by atoms with van der Waals surface area (Å²) in [6.45, 7) is 0. The molecular formula is C12H12ClN3OS. The summed E-state index contributed by atoms with van der Waals surface area (Å²) in [5.74, 6) is 2.56. The fourth-order valence-corrected chi connectivity index (χ4v) is 2.81. The molecule has 94 valence electrons. The summed E-state index contributed by atoms with van der Waals surface area (Å²) >= 11 is 7.63. The van der Waals surface area contributed by atoms with Crippen LogP contribution >= 0.6 is 23.4 Å². The van der Waals surface area contributed by atoms with Gasteiger partial charge < -0.3 is 10.3 Å². The number of thioether (sulfide) groups is 1. The third-order valence-corrected chi connectivity index (χ3v) is 4.33. The second-order valence-corrected chi connectivity index (χ2v) is 5.66. The molecule has 18 heavy (non-hydrogen) atoms. The van der Waals surface area contributed by atoms with Crippen molar-refractivity contribution in [2.24, 2.45) is 0 Å². The van der Waals surface area contributed by atoms with E-state index in [1.54, 1.807) is 0 Å². The second-order valence-electron chi connectivity index (χ2n) is 4.27. The molecule has 0 aliphatic heterocycles. The van der Waals surface area contributed by atoms with Gasteiger partial charge in [0, 0.05) is 16.5 Å². The molecule has 0 amide bonds. The van der Waals surface area contributed by atoms with Gasteiger partial charge >= 0.3 is 0 Å². The molecule has 4 nitrogen and oxygen atoms in total. The molecule has 3 rings (SSSR count). The molecule has 1 fully saturated rings. The number of nitrogens with zero attached hydrogens (tertiary/aromatic N) is 2. The van der Waals surface area contributed by atoms with Gasteiger partial charge in [-0.05, 0) is 25.0 Å². The number of aromatic nitrogens is 2. The zero-order chi connectivity index (χ0) is 12.5. The van der Waals surface area contributed by atoms with Crippen LogP contribution in [0.5, 0.6) is 0 Å². The van der Waals surface area contributed by atoms with Gasteiger partial charge in [-0.3, -0.25) is 0 Å². The van der Waals surface area contributed by atoms with Crippen LogP contribution in [0.25, 0.3) is 0 Å². The summed E-state index contributed by atoms with van der Waals surface area (Å²) in [6.07, 6.45) is 2.32. The first-order valence-corrected chi connectivity index (χ1v) is 7.09. The van der Waals surface area contributed by atoms with E-state index in [9.17, 15) is 0 Å². The largest absolute Gasteiger partial charge is 0.398 e. The van der Waals surface area contributed by atoms with Crippen LogP contribution < -0.4 is 5.73 Å². The maximum absolute atomic E-state index is 6.10. The fourth-order valence-electron chi connectivity index (χ4n) is 1.64. The molecule has 1 aromatic carbocycles. The topological polar surface area (TPSA) is 64.9 Å². The van der Waals surface area contributed by atoms with Crippen LogP contribution in [0.15, 0.2) is 27.6 Å². The summed E-state index contributed by atoms with van der Waals surface area (Å²) in [5.41, 5.74) is 6.56. The van der Waals surface area contributed by atoms with Crippen LogP contribution in [-0.2, 0) is 5.75 Å². The number of nitrogens with two attached hydrogens (primary N) is 1. The van der Waals surface area contributed by atoms with E-state index in [4.69, 9.17) is 21.9 Å². The van der Waals surface area contributed by atoms with Gasteiger partial charge in [-0.25, -0.2) is 0 Å². The van der Waals surface area contributed by atoms with Crippen molar-refractivity contribution in [3.8, 4) is 0 Å². The summed E-state index contributed by atoms with van der Waals surface area (Å²) in [6, 6.07) is 5.49. The van der Waals surface area contributed by atoms with Crippen LogP contribution in [0.3, 0.4) is 0 Å². The van der Waals surface area contributed by atoms with Crippen LogP contribution in [-0.4, -0.2) is 10.1 Å². The van der Waals surface area contributed by atoms with Gasteiger partial charge in [0.15, 0.2) is 5.82 Å². The van der Waals surface area contributed by atoms with Crippen molar-refractivity contribution >= 4 is 29.1 Å². The molecule has 2 aromatic rings. The minimum Gasteiger partial charge on any atom is -0.398 e. The maximum Gasteiger partial charge on any atom is 0.229 e. The number of nitrogen functional groups attached to an aromatic ring is 1. The standard InChI is InChI=1S/C12H12ClN3OS/c13-8-2-1-3-9(14)11(8)18-6-10-15-12(17-16-10)7-4-5-7/h1-3,7H,4-6,14H2. The van der Waals surface area contributed by atoms with Crippen LogP contribution in [0.1, 0.15) is 30.5 Å². The van der Waals surface area contributed by atoms with E-state index in [2.05, 4.69) is 10.1 Å². The highest BCUT2D eigenvalue weighted by molar-refractivity contribution is 7.98. The average Bonchev–Trinajstić information content (AvgIpc) is 3.09. The van der Waals surface area contributed by atoms with Crippen molar-refractivity contribution in [1.82, 2.24) is 10.1 Å². The highest BCUT2D eigenvalue weighted by atomic mass is 35.5. The molecular weight excluding hydrogens is 270 g/mol. The van der Waals surface area contributed by atoms with Crippen molar-refractivity contribution in [1.29, 1.82) is 0 Å². The summed E-state index contributed by atoms with van der Waals surface area (Å²) in [7, 11) is 0. The van der Waals surface area contributed by atoms with Gasteiger partial charge in [0.2, 0.25) is 5.89 Å². The molecule has 2 N–H and O–H groups in total. The molecule has 0 saturated heterocycles. The number of benzene rings is 1. The third-order valence-electron chi connectivity index (χ3n) is 2.75. The fraction of sp³-hybridized carbons (Fsp3) is 0.333. The Hall–Kier alpha value is -1.20. The lowest BCUT2D eigenvalue weighted by atomic mass is 10.3. The minimum atomic E-state index is 0.488. The molecule has 1 saturated carbocycles. The molecule has 6 heteroatoms. The zero-order valence-corrected chi connectivity index (χ0v) is 11.2. The van der Waals surface area contributed by atoms with E-state index in [-0.39, 0.29) is 0 Å². The van der Waals surface area contributed by atoms with Crippen LogP contribution in [0.4, 0.5) is 5.69 Å². The summed E-state index contributed by atoms with van der Waals surface area (Å²) < 4.78 is 5.20. The lowest BCUT2D eigenvalue weighted by molar-refractivity contribution is 0.375. The minimum absolute atomic E-state index is 0.488. The Morgan fingerprint density at radius 3 is 3.00 bits per heavy atom. The van der Waals surface area contributed by atoms with Gasteiger partial charge in [0.25, 0.3) is 0 Å². The maximum atomic E-state index is 6.10. The van der Waals surface area contributed by atoms with Gasteiger partial charge in [0.05, 0.1) is 10.8 Å². The SMILES string of the molecule is Nc1cccc(Cl)c1SCc1noc(C2CC2)n1. The van der Waals surface area contributed by atoms with E-state index < -0.39 is 0 Å². The summed E-state index contributed by atoms with van der Waals surface area (Å²) in [4.78, 5) is 5.24. The Morgan fingerprint density at radius 2 is 2.28 bits per heavy atom. The zero-order valence-electron chi connectivity index (χ0n) is 9.60. The number of halogens is 1. The van der Waals surface area contributed by atoms with Crippen molar-refractivity contribution in [2.75, 3.05) is 5.73 Å². The predicted octanol–water partition coefficient (Wildman–Crippen LogP) is 3.47. The Kier molecular flexibility index (Phi) is 3.18. The molecule has 0 unspecified atom stereocenters. The van der Waals surface area contributed by atoms with Crippen molar-refractivity contribution in [3.05, 3.63) is 34.9 Å². The first-order chi connectivity index (χ1) is 8.74. The predicted molar refractivity (Wildman–Crippen MR) is 71.7 cm³/mol. The average molecular weight is 282 g/mol. The van der Waals surface area contributed by atoms with E-state index in [1.807, 2.05) is 18.2 Å². The molecule has 1 aliphatic carbocycles. The molecule has 0 spiro atoms. The first-order valence-electron chi connectivity index (χ1n) is 5.73. The smallest absolute Gasteiger partial charge is 0.229 e.